The smallest absolute Gasteiger partial charge is 0.133 e. The van der Waals surface area contributed by atoms with Gasteiger partial charge in [-0.05, 0) is 19.8 Å². The van der Waals surface area contributed by atoms with E-state index in [0.717, 1.165) is 12.8 Å². The summed E-state index contributed by atoms with van der Waals surface area (Å²) in [5, 5.41) is 0. The third-order valence-corrected chi connectivity index (χ3v) is 2.18. The SMILES string of the molecule is C=CCC(CCCCC)C(C)=O. The molecule has 1 heteroatoms. The van der Waals surface area contributed by atoms with Gasteiger partial charge in [-0.25, -0.2) is 0 Å². The molecule has 0 N–H and O–H groups in total. The first kappa shape index (κ1) is 11.4. The lowest BCUT2D eigenvalue weighted by Crippen LogP contribution is -2.09. The lowest BCUT2D eigenvalue weighted by atomic mass is 9.94. The van der Waals surface area contributed by atoms with Gasteiger partial charge in [-0.2, -0.15) is 0 Å². The molecule has 0 saturated carbocycles. The first-order valence-corrected chi connectivity index (χ1v) is 4.83. The molecule has 12 heavy (non-hydrogen) atoms. The van der Waals surface area contributed by atoms with Gasteiger partial charge in [-0.3, -0.25) is 4.79 Å². The van der Waals surface area contributed by atoms with Crippen molar-refractivity contribution in [2.24, 2.45) is 5.92 Å². The van der Waals surface area contributed by atoms with E-state index in [1.807, 2.05) is 6.08 Å². The highest BCUT2D eigenvalue weighted by molar-refractivity contribution is 5.78. The Morgan fingerprint density at radius 1 is 1.50 bits per heavy atom. The summed E-state index contributed by atoms with van der Waals surface area (Å²) in [6.07, 6.45) is 7.36. The normalized spacial score (nSPS) is 12.5. The molecule has 0 aromatic carbocycles. The average Bonchev–Trinajstić information content (AvgIpc) is 2.03. The molecule has 0 rings (SSSR count). The number of hydrogen-bond donors (Lipinski definition) is 0. The summed E-state index contributed by atoms with van der Waals surface area (Å²) >= 11 is 0. The van der Waals surface area contributed by atoms with Crippen molar-refractivity contribution >= 4 is 5.78 Å². The van der Waals surface area contributed by atoms with Crippen molar-refractivity contribution in [3.8, 4) is 0 Å². The fourth-order valence-electron chi connectivity index (χ4n) is 1.33. The Morgan fingerprint density at radius 3 is 2.58 bits per heavy atom. The van der Waals surface area contributed by atoms with Crippen LogP contribution < -0.4 is 0 Å². The summed E-state index contributed by atoms with van der Waals surface area (Å²) in [7, 11) is 0. The largest absolute Gasteiger partial charge is 0.300 e. The predicted molar refractivity (Wildman–Crippen MR) is 53.1 cm³/mol. The molecule has 0 bridgehead atoms. The van der Waals surface area contributed by atoms with Gasteiger partial charge < -0.3 is 0 Å². The molecule has 0 amide bonds. The van der Waals surface area contributed by atoms with Crippen molar-refractivity contribution in [1.82, 2.24) is 0 Å². The first-order valence-electron chi connectivity index (χ1n) is 4.83. The number of Topliss-reactive ketones (excluding diaryl/α,β-unsaturated/α-hetero) is 1. The van der Waals surface area contributed by atoms with Gasteiger partial charge in [0.2, 0.25) is 0 Å². The Balaban J connectivity index is 3.63. The van der Waals surface area contributed by atoms with Gasteiger partial charge >= 0.3 is 0 Å². The molecule has 0 saturated heterocycles. The molecule has 0 aromatic rings. The van der Waals surface area contributed by atoms with Crippen molar-refractivity contribution in [2.45, 2.75) is 46.0 Å². The van der Waals surface area contributed by atoms with E-state index in [2.05, 4.69) is 13.5 Å². The first-order chi connectivity index (χ1) is 5.72. The summed E-state index contributed by atoms with van der Waals surface area (Å²) in [6, 6.07) is 0. The van der Waals surface area contributed by atoms with E-state index in [1.165, 1.54) is 19.3 Å². The summed E-state index contributed by atoms with van der Waals surface area (Å²) < 4.78 is 0. The number of allylic oxidation sites excluding steroid dienone is 1. The van der Waals surface area contributed by atoms with Crippen LogP contribution in [0.15, 0.2) is 12.7 Å². The van der Waals surface area contributed by atoms with Crippen molar-refractivity contribution in [3.05, 3.63) is 12.7 Å². The Bertz CT molecular complexity index is 138. The highest BCUT2D eigenvalue weighted by atomic mass is 16.1. The topological polar surface area (TPSA) is 17.1 Å². The summed E-state index contributed by atoms with van der Waals surface area (Å²) in [4.78, 5) is 11.1. The van der Waals surface area contributed by atoms with Crippen LogP contribution in [0.3, 0.4) is 0 Å². The molecule has 1 nitrogen and oxygen atoms in total. The van der Waals surface area contributed by atoms with Gasteiger partial charge in [0, 0.05) is 5.92 Å². The number of unbranched alkanes of at least 4 members (excludes halogenated alkanes) is 2. The van der Waals surface area contributed by atoms with Crippen LogP contribution in [-0.2, 0) is 4.79 Å². The van der Waals surface area contributed by atoms with E-state index in [4.69, 9.17) is 0 Å². The Labute approximate surface area is 75.9 Å². The second-order valence-corrected chi connectivity index (χ2v) is 3.33. The fraction of sp³-hybridized carbons (Fsp3) is 0.727. The maximum Gasteiger partial charge on any atom is 0.133 e. The lowest BCUT2D eigenvalue weighted by molar-refractivity contribution is -0.120. The van der Waals surface area contributed by atoms with Crippen LogP contribution in [0, 0.1) is 5.92 Å². The van der Waals surface area contributed by atoms with Gasteiger partial charge in [0.1, 0.15) is 5.78 Å². The molecule has 0 spiro atoms. The van der Waals surface area contributed by atoms with Gasteiger partial charge in [0.05, 0.1) is 0 Å². The van der Waals surface area contributed by atoms with Crippen molar-refractivity contribution in [3.63, 3.8) is 0 Å². The molecule has 0 radical (unpaired) electrons. The molecular weight excluding hydrogens is 148 g/mol. The van der Waals surface area contributed by atoms with Crippen molar-refractivity contribution < 1.29 is 4.79 Å². The standard InChI is InChI=1S/C11H20O/c1-4-6-7-9-11(8-5-2)10(3)12/h5,11H,2,4,6-9H2,1,3H3. The molecule has 0 aliphatic carbocycles. The second kappa shape index (κ2) is 7.08. The number of carbonyl (C=O) groups is 1. The average molecular weight is 168 g/mol. The van der Waals surface area contributed by atoms with Crippen LogP contribution in [0.2, 0.25) is 0 Å². The van der Waals surface area contributed by atoms with Gasteiger partial charge in [-0.15, -0.1) is 6.58 Å². The van der Waals surface area contributed by atoms with Crippen molar-refractivity contribution in [1.29, 1.82) is 0 Å². The number of ketones is 1. The minimum atomic E-state index is 0.231. The highest BCUT2D eigenvalue weighted by Crippen LogP contribution is 2.14. The molecule has 0 aliphatic heterocycles. The third kappa shape index (κ3) is 5.11. The molecule has 0 aliphatic rings. The number of rotatable bonds is 7. The van der Waals surface area contributed by atoms with E-state index in [1.54, 1.807) is 6.92 Å². The van der Waals surface area contributed by atoms with Crippen LogP contribution in [0.5, 0.6) is 0 Å². The van der Waals surface area contributed by atoms with E-state index in [9.17, 15) is 4.79 Å². The fourth-order valence-corrected chi connectivity index (χ4v) is 1.33. The molecule has 1 unspecified atom stereocenters. The Kier molecular flexibility index (Phi) is 6.73. The number of hydrogen-bond acceptors (Lipinski definition) is 1. The van der Waals surface area contributed by atoms with Crippen molar-refractivity contribution in [2.75, 3.05) is 0 Å². The second-order valence-electron chi connectivity index (χ2n) is 3.33. The Hall–Kier alpha value is -0.590. The minimum absolute atomic E-state index is 0.231. The molecule has 0 heterocycles. The molecule has 0 aromatic heterocycles. The monoisotopic (exact) mass is 168 g/mol. The van der Waals surface area contributed by atoms with Crippen LogP contribution >= 0.6 is 0 Å². The zero-order valence-electron chi connectivity index (χ0n) is 8.31. The summed E-state index contributed by atoms with van der Waals surface area (Å²) in [5.74, 6) is 0.542. The zero-order chi connectivity index (χ0) is 9.40. The number of carbonyl (C=O) groups excluding carboxylic acids is 1. The summed E-state index contributed by atoms with van der Waals surface area (Å²) in [5.41, 5.74) is 0. The van der Waals surface area contributed by atoms with E-state index in [0.29, 0.717) is 5.78 Å². The van der Waals surface area contributed by atoms with Gasteiger partial charge in [0.25, 0.3) is 0 Å². The van der Waals surface area contributed by atoms with Crippen LogP contribution in [0.25, 0.3) is 0 Å². The molecule has 0 fully saturated rings. The maximum absolute atomic E-state index is 11.1. The van der Waals surface area contributed by atoms with Gasteiger partial charge in [-0.1, -0.05) is 32.3 Å². The van der Waals surface area contributed by atoms with E-state index in [-0.39, 0.29) is 5.92 Å². The zero-order valence-corrected chi connectivity index (χ0v) is 8.31. The highest BCUT2D eigenvalue weighted by Gasteiger charge is 2.10. The predicted octanol–water partition coefficient (Wildman–Crippen LogP) is 3.35. The lowest BCUT2D eigenvalue weighted by Gasteiger charge is -2.09. The molecular formula is C11H20O. The minimum Gasteiger partial charge on any atom is -0.300 e. The quantitative estimate of drug-likeness (QED) is 0.421. The van der Waals surface area contributed by atoms with E-state index < -0.39 is 0 Å². The Morgan fingerprint density at radius 2 is 2.17 bits per heavy atom. The van der Waals surface area contributed by atoms with E-state index >= 15 is 0 Å². The van der Waals surface area contributed by atoms with Crippen LogP contribution in [0.4, 0.5) is 0 Å². The summed E-state index contributed by atoms with van der Waals surface area (Å²) in [6.45, 7) is 7.52. The molecule has 1 atom stereocenters. The van der Waals surface area contributed by atoms with Gasteiger partial charge in [0.15, 0.2) is 0 Å². The van der Waals surface area contributed by atoms with Crippen LogP contribution in [-0.4, -0.2) is 5.78 Å². The van der Waals surface area contributed by atoms with Crippen LogP contribution in [0.1, 0.15) is 46.0 Å². The maximum atomic E-state index is 11.1. The third-order valence-electron chi connectivity index (χ3n) is 2.18. The molecule has 70 valence electrons.